The molecule has 104 valence electrons. The summed E-state index contributed by atoms with van der Waals surface area (Å²) < 4.78 is 5.11. The molecule has 1 rings (SSSR count). The van der Waals surface area contributed by atoms with Gasteiger partial charge in [0.25, 0.3) is 0 Å². The summed E-state index contributed by atoms with van der Waals surface area (Å²) >= 11 is 5.92. The molecule has 1 aromatic rings. The number of benzene rings is 1. The van der Waals surface area contributed by atoms with E-state index in [2.05, 4.69) is 5.32 Å². The lowest BCUT2D eigenvalue weighted by molar-refractivity contribution is -0.109. The van der Waals surface area contributed by atoms with Crippen LogP contribution >= 0.6 is 11.6 Å². The molecule has 0 fully saturated rings. The molecule has 1 atom stereocenters. The molecule has 0 aromatic heterocycles. The number of ether oxygens (including phenoxy) is 1. The fourth-order valence-electron chi connectivity index (χ4n) is 1.49. The Kier molecular flexibility index (Phi) is 4.95. The van der Waals surface area contributed by atoms with Gasteiger partial charge >= 0.3 is 6.09 Å². The summed E-state index contributed by atoms with van der Waals surface area (Å²) in [7, 11) is 0. The van der Waals surface area contributed by atoms with Crippen molar-refractivity contribution in [1.29, 1.82) is 0 Å². The van der Waals surface area contributed by atoms with Crippen molar-refractivity contribution in [2.45, 2.75) is 39.3 Å². The average molecular weight is 284 g/mol. The molecule has 0 aliphatic rings. The lowest BCUT2D eigenvalue weighted by Gasteiger charge is -2.21. The van der Waals surface area contributed by atoms with E-state index in [4.69, 9.17) is 16.3 Å². The smallest absolute Gasteiger partial charge is 0.408 e. The highest BCUT2D eigenvalue weighted by molar-refractivity contribution is 6.31. The van der Waals surface area contributed by atoms with E-state index in [1.54, 1.807) is 39.0 Å². The number of amides is 1. The molecule has 1 amide bonds. The Hall–Kier alpha value is -1.55. The van der Waals surface area contributed by atoms with Crippen molar-refractivity contribution < 1.29 is 14.3 Å². The maximum atomic E-state index is 11.6. The Balaban J connectivity index is 2.81. The quantitative estimate of drug-likeness (QED) is 0.865. The van der Waals surface area contributed by atoms with Crippen LogP contribution in [0.25, 0.3) is 0 Å². The summed E-state index contributed by atoms with van der Waals surface area (Å²) in [6, 6.07) is 4.41. The summed E-state index contributed by atoms with van der Waals surface area (Å²) in [6.07, 6.45) is 0.0317. The van der Waals surface area contributed by atoms with Crippen LogP contribution in [0.1, 0.15) is 37.9 Å². The third kappa shape index (κ3) is 4.91. The maximum absolute atomic E-state index is 11.6. The SMILES string of the molecule is Cc1cc(C(C=O)NC(=O)OC(C)(C)C)ccc1Cl. The third-order valence-electron chi connectivity index (χ3n) is 2.35. The van der Waals surface area contributed by atoms with Crippen molar-refractivity contribution in [3.63, 3.8) is 0 Å². The summed E-state index contributed by atoms with van der Waals surface area (Å²) in [6.45, 7) is 7.11. The van der Waals surface area contributed by atoms with Crippen LogP contribution in [0.2, 0.25) is 5.02 Å². The minimum absolute atomic E-state index is 0.604. The van der Waals surface area contributed by atoms with E-state index < -0.39 is 17.7 Å². The van der Waals surface area contributed by atoms with Crippen LogP contribution in [0.3, 0.4) is 0 Å². The highest BCUT2D eigenvalue weighted by Crippen LogP contribution is 2.20. The fourth-order valence-corrected chi connectivity index (χ4v) is 1.61. The second kappa shape index (κ2) is 6.06. The first-order valence-corrected chi connectivity index (χ1v) is 6.31. The Morgan fingerprint density at radius 3 is 2.53 bits per heavy atom. The Morgan fingerprint density at radius 2 is 2.05 bits per heavy atom. The van der Waals surface area contributed by atoms with E-state index in [1.807, 2.05) is 6.92 Å². The molecule has 0 saturated carbocycles. The molecular weight excluding hydrogens is 266 g/mol. The predicted octanol–water partition coefficient (Wildman–Crippen LogP) is 3.41. The molecule has 0 aliphatic heterocycles. The van der Waals surface area contributed by atoms with Gasteiger partial charge in [0, 0.05) is 5.02 Å². The van der Waals surface area contributed by atoms with Gasteiger partial charge in [0.05, 0.1) is 0 Å². The minimum atomic E-state index is -0.745. The Morgan fingerprint density at radius 1 is 1.42 bits per heavy atom. The molecule has 0 heterocycles. The first-order valence-electron chi connectivity index (χ1n) is 5.94. The van der Waals surface area contributed by atoms with Gasteiger partial charge in [0.15, 0.2) is 0 Å². The number of carbonyl (C=O) groups is 2. The largest absolute Gasteiger partial charge is 0.444 e. The van der Waals surface area contributed by atoms with Crippen LogP contribution in [0.15, 0.2) is 18.2 Å². The highest BCUT2D eigenvalue weighted by atomic mass is 35.5. The lowest BCUT2D eigenvalue weighted by atomic mass is 10.1. The normalized spacial score (nSPS) is 12.7. The van der Waals surface area contributed by atoms with Crippen LogP contribution < -0.4 is 5.32 Å². The minimum Gasteiger partial charge on any atom is -0.444 e. The Labute approximate surface area is 118 Å². The molecule has 4 nitrogen and oxygen atoms in total. The van der Waals surface area contributed by atoms with Crippen molar-refractivity contribution in [3.05, 3.63) is 34.3 Å². The number of halogens is 1. The molecule has 19 heavy (non-hydrogen) atoms. The van der Waals surface area contributed by atoms with Crippen molar-refractivity contribution in [2.75, 3.05) is 0 Å². The second-order valence-electron chi connectivity index (χ2n) is 5.27. The van der Waals surface area contributed by atoms with Crippen LogP contribution in [-0.2, 0) is 9.53 Å². The fraction of sp³-hybridized carbons (Fsp3) is 0.429. The molecule has 1 aromatic carbocycles. The van der Waals surface area contributed by atoms with Gasteiger partial charge in [0.2, 0.25) is 0 Å². The van der Waals surface area contributed by atoms with E-state index in [9.17, 15) is 9.59 Å². The van der Waals surface area contributed by atoms with Crippen molar-refractivity contribution in [2.24, 2.45) is 0 Å². The van der Waals surface area contributed by atoms with Gasteiger partial charge in [-0.3, -0.25) is 0 Å². The zero-order chi connectivity index (χ0) is 14.6. The van der Waals surface area contributed by atoms with Gasteiger partial charge in [-0.25, -0.2) is 4.79 Å². The molecule has 0 spiro atoms. The van der Waals surface area contributed by atoms with E-state index in [0.29, 0.717) is 16.9 Å². The van der Waals surface area contributed by atoms with Gasteiger partial charge < -0.3 is 14.8 Å². The van der Waals surface area contributed by atoms with Crippen LogP contribution in [0.5, 0.6) is 0 Å². The molecule has 0 saturated heterocycles. The summed E-state index contributed by atoms with van der Waals surface area (Å²) in [5.41, 5.74) is 0.910. The summed E-state index contributed by atoms with van der Waals surface area (Å²) in [5, 5.41) is 3.13. The predicted molar refractivity (Wildman–Crippen MR) is 74.4 cm³/mol. The topological polar surface area (TPSA) is 55.4 Å². The standard InChI is InChI=1S/C14H18ClNO3/c1-9-7-10(5-6-11(9)15)12(8-17)16-13(18)19-14(2,3)4/h5-8,12H,1-4H3,(H,16,18). The number of rotatable bonds is 3. The summed E-state index contributed by atoms with van der Waals surface area (Å²) in [4.78, 5) is 22.7. The number of aryl methyl sites for hydroxylation is 1. The highest BCUT2D eigenvalue weighted by Gasteiger charge is 2.20. The van der Waals surface area contributed by atoms with Crippen molar-refractivity contribution in [3.8, 4) is 0 Å². The molecule has 1 unspecified atom stereocenters. The first kappa shape index (κ1) is 15.5. The molecule has 1 N–H and O–H groups in total. The number of hydrogen-bond donors (Lipinski definition) is 1. The summed E-state index contributed by atoms with van der Waals surface area (Å²) in [5.74, 6) is 0. The van der Waals surface area contributed by atoms with E-state index in [-0.39, 0.29) is 0 Å². The van der Waals surface area contributed by atoms with Gasteiger partial charge in [-0.05, 0) is 44.9 Å². The number of carbonyl (C=O) groups excluding carboxylic acids is 2. The number of alkyl carbamates (subject to hydrolysis) is 1. The molecule has 5 heteroatoms. The van der Waals surface area contributed by atoms with Crippen LogP contribution in [0, 0.1) is 6.92 Å². The maximum Gasteiger partial charge on any atom is 0.408 e. The number of nitrogens with one attached hydrogen (secondary N) is 1. The Bertz CT molecular complexity index is 480. The molecule has 0 radical (unpaired) electrons. The van der Waals surface area contributed by atoms with Crippen LogP contribution in [-0.4, -0.2) is 18.0 Å². The van der Waals surface area contributed by atoms with Gasteiger partial charge in [0.1, 0.15) is 17.9 Å². The second-order valence-corrected chi connectivity index (χ2v) is 5.68. The van der Waals surface area contributed by atoms with Crippen molar-refractivity contribution in [1.82, 2.24) is 5.32 Å². The molecular formula is C14H18ClNO3. The zero-order valence-electron chi connectivity index (χ0n) is 11.5. The lowest BCUT2D eigenvalue weighted by Crippen LogP contribution is -2.35. The first-order chi connectivity index (χ1) is 8.73. The van der Waals surface area contributed by atoms with E-state index >= 15 is 0 Å². The van der Waals surface area contributed by atoms with Gasteiger partial charge in [-0.15, -0.1) is 0 Å². The monoisotopic (exact) mass is 283 g/mol. The zero-order valence-corrected chi connectivity index (χ0v) is 12.2. The number of hydrogen-bond acceptors (Lipinski definition) is 3. The molecule has 0 bridgehead atoms. The van der Waals surface area contributed by atoms with E-state index in [1.165, 1.54) is 0 Å². The van der Waals surface area contributed by atoms with Gasteiger partial charge in [-0.2, -0.15) is 0 Å². The van der Waals surface area contributed by atoms with Gasteiger partial charge in [-0.1, -0.05) is 23.7 Å². The molecule has 0 aliphatic carbocycles. The number of aldehydes is 1. The third-order valence-corrected chi connectivity index (χ3v) is 2.77. The van der Waals surface area contributed by atoms with Crippen molar-refractivity contribution >= 4 is 24.0 Å². The van der Waals surface area contributed by atoms with E-state index in [0.717, 1.165) is 5.56 Å². The average Bonchev–Trinajstić information content (AvgIpc) is 2.27. The van der Waals surface area contributed by atoms with Crippen LogP contribution in [0.4, 0.5) is 4.79 Å².